The number of halogens is 1. The fourth-order valence-electron chi connectivity index (χ4n) is 3.40. The predicted octanol–water partition coefficient (Wildman–Crippen LogP) is 2.96. The number of likely N-dealkylation sites (tertiary alicyclic amines) is 1. The number of hydrogen-bond donors (Lipinski definition) is 1. The summed E-state index contributed by atoms with van der Waals surface area (Å²) in [5.74, 6) is 1.14. The maximum atomic E-state index is 5.84. The van der Waals surface area contributed by atoms with Crippen molar-refractivity contribution in [3.05, 3.63) is 27.7 Å². The highest BCUT2D eigenvalue weighted by molar-refractivity contribution is 9.10. The van der Waals surface area contributed by atoms with Gasteiger partial charge in [0.25, 0.3) is 0 Å². The molecule has 0 spiro atoms. The molecule has 1 fully saturated rings. The molecule has 0 aromatic heterocycles. The van der Waals surface area contributed by atoms with Crippen LogP contribution in [0.1, 0.15) is 30.9 Å². The molecule has 1 aromatic rings. The third-order valence-corrected chi connectivity index (χ3v) is 5.08. The van der Waals surface area contributed by atoms with E-state index in [0.29, 0.717) is 12.1 Å². The second-order valence-corrected chi connectivity index (χ2v) is 6.90. The van der Waals surface area contributed by atoms with E-state index in [1.165, 1.54) is 28.4 Å². The Balaban J connectivity index is 1.75. The van der Waals surface area contributed by atoms with Gasteiger partial charge < -0.3 is 10.1 Å². The largest absolute Gasteiger partial charge is 0.493 e. The standard InChI is InChI=1S/C16H23BrN2O/c1-11-7-15(18-2)3-5-19(11)10-13-9-14(17)8-12-4-6-20-16(12)13/h8-9,11,15,18H,3-7,10H2,1-2H3. The highest BCUT2D eigenvalue weighted by Gasteiger charge is 2.26. The summed E-state index contributed by atoms with van der Waals surface area (Å²) >= 11 is 3.63. The van der Waals surface area contributed by atoms with Crippen molar-refractivity contribution in [3.63, 3.8) is 0 Å². The first kappa shape index (κ1) is 14.4. The predicted molar refractivity (Wildman–Crippen MR) is 85.3 cm³/mol. The summed E-state index contributed by atoms with van der Waals surface area (Å²) in [4.78, 5) is 2.58. The zero-order chi connectivity index (χ0) is 14.1. The number of benzene rings is 1. The minimum absolute atomic E-state index is 0.622. The van der Waals surface area contributed by atoms with Crippen LogP contribution in [0.15, 0.2) is 16.6 Å². The zero-order valence-corrected chi connectivity index (χ0v) is 13.9. The maximum absolute atomic E-state index is 5.84. The Morgan fingerprint density at radius 1 is 1.45 bits per heavy atom. The second kappa shape index (κ2) is 6.04. The van der Waals surface area contributed by atoms with Crippen LogP contribution in [0.5, 0.6) is 5.75 Å². The van der Waals surface area contributed by atoms with E-state index in [9.17, 15) is 0 Å². The number of fused-ring (bicyclic) bond motifs is 1. The van der Waals surface area contributed by atoms with Gasteiger partial charge in [0.05, 0.1) is 6.61 Å². The molecule has 0 radical (unpaired) electrons. The first-order valence-corrected chi connectivity index (χ1v) is 8.32. The van der Waals surface area contributed by atoms with Crippen LogP contribution in [0, 0.1) is 0 Å². The van der Waals surface area contributed by atoms with E-state index < -0.39 is 0 Å². The van der Waals surface area contributed by atoms with E-state index in [-0.39, 0.29) is 0 Å². The summed E-state index contributed by atoms with van der Waals surface area (Å²) in [5.41, 5.74) is 2.69. The SMILES string of the molecule is CNC1CCN(Cc2cc(Br)cc3c2OCC3)C(C)C1. The van der Waals surface area contributed by atoms with Gasteiger partial charge in [-0.3, -0.25) is 4.90 Å². The first-order valence-electron chi connectivity index (χ1n) is 7.53. The molecule has 2 atom stereocenters. The van der Waals surface area contributed by atoms with Crippen LogP contribution >= 0.6 is 15.9 Å². The topological polar surface area (TPSA) is 24.5 Å². The van der Waals surface area contributed by atoms with Gasteiger partial charge in [0.15, 0.2) is 0 Å². The van der Waals surface area contributed by atoms with Crippen LogP contribution < -0.4 is 10.1 Å². The number of nitrogens with one attached hydrogen (secondary N) is 1. The third-order valence-electron chi connectivity index (χ3n) is 4.62. The summed E-state index contributed by atoms with van der Waals surface area (Å²) < 4.78 is 7.02. The zero-order valence-electron chi connectivity index (χ0n) is 12.3. The molecule has 1 saturated heterocycles. The van der Waals surface area contributed by atoms with Crippen LogP contribution in [-0.2, 0) is 13.0 Å². The molecular formula is C16H23BrN2O. The van der Waals surface area contributed by atoms with Crippen molar-refractivity contribution < 1.29 is 4.74 Å². The van der Waals surface area contributed by atoms with E-state index in [1.807, 2.05) is 0 Å². The van der Waals surface area contributed by atoms with E-state index in [1.54, 1.807) is 0 Å². The molecule has 0 bridgehead atoms. The van der Waals surface area contributed by atoms with Gasteiger partial charge in [-0.1, -0.05) is 15.9 Å². The van der Waals surface area contributed by atoms with Crippen LogP contribution in [-0.4, -0.2) is 37.2 Å². The third kappa shape index (κ3) is 2.87. The second-order valence-electron chi connectivity index (χ2n) is 5.98. The molecule has 2 heterocycles. The first-order chi connectivity index (χ1) is 9.67. The fraction of sp³-hybridized carbons (Fsp3) is 0.625. The number of hydrogen-bond acceptors (Lipinski definition) is 3. The Kier molecular flexibility index (Phi) is 4.34. The number of rotatable bonds is 3. The molecule has 2 aliphatic rings. The van der Waals surface area contributed by atoms with E-state index in [4.69, 9.17) is 4.74 Å². The van der Waals surface area contributed by atoms with Gasteiger partial charge in [0.1, 0.15) is 5.75 Å². The summed E-state index contributed by atoms with van der Waals surface area (Å²) in [5, 5.41) is 3.41. The van der Waals surface area contributed by atoms with Gasteiger partial charge in [-0.15, -0.1) is 0 Å². The average molecular weight is 339 g/mol. The smallest absolute Gasteiger partial charge is 0.127 e. The number of piperidine rings is 1. The average Bonchev–Trinajstić information content (AvgIpc) is 2.89. The Labute approximate surface area is 129 Å². The number of ether oxygens (including phenoxy) is 1. The monoisotopic (exact) mass is 338 g/mol. The Morgan fingerprint density at radius 3 is 3.05 bits per heavy atom. The maximum Gasteiger partial charge on any atom is 0.127 e. The molecule has 3 nitrogen and oxygen atoms in total. The Bertz CT molecular complexity index is 492. The van der Waals surface area contributed by atoms with Gasteiger partial charge in [-0.05, 0) is 44.5 Å². The summed E-state index contributed by atoms with van der Waals surface area (Å²) in [6, 6.07) is 5.71. The molecule has 4 heteroatoms. The number of nitrogens with zero attached hydrogens (tertiary/aromatic N) is 1. The summed E-state index contributed by atoms with van der Waals surface area (Å²) in [6.45, 7) is 5.33. The molecule has 0 amide bonds. The van der Waals surface area contributed by atoms with Crippen molar-refractivity contribution in [3.8, 4) is 5.75 Å². The van der Waals surface area contributed by atoms with Crippen molar-refractivity contribution in [2.45, 2.75) is 44.8 Å². The van der Waals surface area contributed by atoms with Crippen molar-refractivity contribution >= 4 is 15.9 Å². The van der Waals surface area contributed by atoms with Crippen molar-refractivity contribution in [2.75, 3.05) is 20.2 Å². The summed E-state index contributed by atoms with van der Waals surface area (Å²) in [7, 11) is 2.07. The molecular weight excluding hydrogens is 316 g/mol. The molecule has 2 aliphatic heterocycles. The van der Waals surface area contributed by atoms with E-state index >= 15 is 0 Å². The van der Waals surface area contributed by atoms with Gasteiger partial charge in [-0.2, -0.15) is 0 Å². The van der Waals surface area contributed by atoms with Crippen LogP contribution in [0.4, 0.5) is 0 Å². The minimum Gasteiger partial charge on any atom is -0.493 e. The summed E-state index contributed by atoms with van der Waals surface area (Å²) in [6.07, 6.45) is 3.50. The van der Waals surface area contributed by atoms with Crippen LogP contribution in [0.2, 0.25) is 0 Å². The van der Waals surface area contributed by atoms with Gasteiger partial charge >= 0.3 is 0 Å². The van der Waals surface area contributed by atoms with E-state index in [0.717, 1.165) is 31.9 Å². The highest BCUT2D eigenvalue weighted by Crippen LogP contribution is 2.34. The lowest BCUT2D eigenvalue weighted by Gasteiger charge is -2.37. The fourth-order valence-corrected chi connectivity index (χ4v) is 3.95. The van der Waals surface area contributed by atoms with Crippen molar-refractivity contribution in [2.24, 2.45) is 0 Å². The van der Waals surface area contributed by atoms with Gasteiger partial charge in [0.2, 0.25) is 0 Å². The molecule has 1 aromatic carbocycles. The lowest BCUT2D eigenvalue weighted by Crippen LogP contribution is -2.46. The van der Waals surface area contributed by atoms with E-state index in [2.05, 4.69) is 52.3 Å². The molecule has 0 saturated carbocycles. The Hall–Kier alpha value is -0.580. The van der Waals surface area contributed by atoms with Crippen LogP contribution in [0.3, 0.4) is 0 Å². The molecule has 110 valence electrons. The highest BCUT2D eigenvalue weighted by atomic mass is 79.9. The quantitative estimate of drug-likeness (QED) is 0.916. The Morgan fingerprint density at radius 2 is 2.30 bits per heavy atom. The minimum atomic E-state index is 0.622. The molecule has 20 heavy (non-hydrogen) atoms. The lowest BCUT2D eigenvalue weighted by molar-refractivity contribution is 0.130. The van der Waals surface area contributed by atoms with Crippen LogP contribution in [0.25, 0.3) is 0 Å². The van der Waals surface area contributed by atoms with Gasteiger partial charge in [0, 0.05) is 41.6 Å². The molecule has 1 N–H and O–H groups in total. The molecule has 0 aliphatic carbocycles. The van der Waals surface area contributed by atoms with Crippen molar-refractivity contribution in [1.29, 1.82) is 0 Å². The normalized spacial score (nSPS) is 26.4. The molecule has 3 rings (SSSR count). The van der Waals surface area contributed by atoms with Crippen molar-refractivity contribution in [1.82, 2.24) is 10.2 Å². The van der Waals surface area contributed by atoms with Gasteiger partial charge in [-0.25, -0.2) is 0 Å². The lowest BCUT2D eigenvalue weighted by atomic mass is 9.97. The molecule has 2 unspecified atom stereocenters.